The van der Waals surface area contributed by atoms with Crippen molar-refractivity contribution in [1.29, 1.82) is 0 Å². The Hall–Kier alpha value is -7.72. The Morgan fingerprint density at radius 2 is 1.21 bits per heavy atom. The second kappa shape index (κ2) is 35.2. The van der Waals surface area contributed by atoms with Crippen molar-refractivity contribution in [3.05, 3.63) is 63.7 Å². The van der Waals surface area contributed by atoms with Gasteiger partial charge in [0.2, 0.25) is 35.3 Å². The number of fused-ring (bicyclic) bond motifs is 6. The summed E-state index contributed by atoms with van der Waals surface area (Å²) in [4.78, 5) is 136. The molecule has 35 nitrogen and oxygen atoms in total. The van der Waals surface area contributed by atoms with Gasteiger partial charge in [0, 0.05) is 99.0 Å². The minimum atomic E-state index is -2.37. The standard InChI is InChI=1S/C67H90N8O27/c1-38-60-41(74-11-13-99-63(91-4)62(74)102-60)28-51(100-38)101-44-30-67(88,29-40-53(44)59(85)55-54(57(40)83)56(82)39-6-5-7-43(90-3)52(39)58(55)84)64(87)73-66-35-65(36-66,37-66)72-48(79)34-70-46(77)32-69-47(78)33-71-61(86)42(75-49(80)8-9-50(75)81)31-68-45(76)10-12-92-16-17-94-20-21-96-24-25-98-27-26-97-23-22-95-19-18-93-15-14-89-2/h5-9,38,41-42,44,51,60,62-63,83,85,88H,10-37H2,1-4H3,(H,68,76)(H,69,78)(H,70,77)(H,71,86)(H,72,79)(H,73,87)/t38-,41-,42?,44-,51-,60+,62+,63-,65?,66?,67-/m0/s1. The molecule has 4 aliphatic heterocycles. The van der Waals surface area contributed by atoms with E-state index in [1.165, 1.54) is 32.4 Å². The molecule has 9 aliphatic rings. The summed E-state index contributed by atoms with van der Waals surface area (Å²) in [5.74, 6) is -9.28. The van der Waals surface area contributed by atoms with Gasteiger partial charge < -0.3 is 114 Å². The first-order valence-corrected chi connectivity index (χ1v) is 33.9. The molecule has 3 saturated carbocycles. The van der Waals surface area contributed by atoms with Gasteiger partial charge in [0.1, 0.15) is 35.0 Å². The van der Waals surface area contributed by atoms with Crippen LogP contribution < -0.4 is 36.6 Å². The highest BCUT2D eigenvalue weighted by Crippen LogP contribution is 2.61. The van der Waals surface area contributed by atoms with Crippen LogP contribution in [0, 0.1) is 0 Å². The van der Waals surface area contributed by atoms with Crippen LogP contribution in [-0.4, -0.2) is 303 Å². The lowest BCUT2D eigenvalue weighted by atomic mass is 9.44. The molecule has 3 saturated heterocycles. The van der Waals surface area contributed by atoms with Crippen LogP contribution in [0.3, 0.4) is 0 Å². The number of nitrogens with zero attached hydrogens (tertiary/aromatic N) is 2. The molecule has 35 heteroatoms. The second-order valence-electron chi connectivity index (χ2n) is 25.8. The summed E-state index contributed by atoms with van der Waals surface area (Å²) < 4.78 is 79.1. The summed E-state index contributed by atoms with van der Waals surface area (Å²) >= 11 is 0. The van der Waals surface area contributed by atoms with Crippen LogP contribution in [0.25, 0.3) is 0 Å². The molecule has 9 atom stereocenters. The molecule has 5 aliphatic carbocycles. The number of carbonyl (C=O) groups is 10. The summed E-state index contributed by atoms with van der Waals surface area (Å²) in [6.07, 6.45) is -3.21. The Labute approximate surface area is 586 Å². The third-order valence-corrected chi connectivity index (χ3v) is 18.8. The first-order chi connectivity index (χ1) is 49.1. The SMILES string of the molecule is COCCOCCOCCOCCOCCOCCOCCOCCC(=O)NCC(C(=O)NCC(=O)NCC(=O)NCC(=O)NC12CC(NC(=O)[C@]3(O)Cc4c(O)c5c(c(O)c4[C@@H](O[C@H]4C[C@H]6[C@H](O[C@@H]7[C@@H](OC)OCCN76)[C@H](C)O4)C3)C(=O)c3c(OC)cccc3C5=O)(C1)C2)N1C(=O)C=CC1=O. The number of imide groups is 1. The number of ketones is 2. The normalized spacial score (nSPS) is 26.1. The number of hydrogen-bond donors (Lipinski definition) is 9. The number of aliphatic hydroxyl groups is 1. The Bertz CT molecular complexity index is 3410. The van der Waals surface area contributed by atoms with Crippen molar-refractivity contribution in [3.63, 3.8) is 0 Å². The molecule has 0 aromatic heterocycles. The zero-order valence-corrected chi connectivity index (χ0v) is 57.3. The van der Waals surface area contributed by atoms with E-state index in [0.29, 0.717) is 97.3 Å². The molecule has 2 aromatic carbocycles. The lowest BCUT2D eigenvalue weighted by Gasteiger charge is -2.70. The molecule has 4 heterocycles. The summed E-state index contributed by atoms with van der Waals surface area (Å²) in [7, 11) is 4.44. The van der Waals surface area contributed by atoms with Crippen molar-refractivity contribution in [2.24, 2.45) is 0 Å². The first-order valence-electron chi connectivity index (χ1n) is 33.9. The summed E-state index contributed by atoms with van der Waals surface area (Å²) in [5, 5.41) is 52.3. The number of ether oxygens (including phenoxy) is 14. The maximum atomic E-state index is 14.6. The van der Waals surface area contributed by atoms with Crippen molar-refractivity contribution in [2.75, 3.05) is 160 Å². The predicted molar refractivity (Wildman–Crippen MR) is 346 cm³/mol. The highest BCUT2D eigenvalue weighted by atomic mass is 16.7. The highest BCUT2D eigenvalue weighted by Gasteiger charge is 2.70. The van der Waals surface area contributed by atoms with Crippen LogP contribution in [0.1, 0.15) is 94.5 Å². The number of rotatable bonds is 41. The average Bonchev–Trinajstić information content (AvgIpc) is 0.833. The topological polar surface area (TPSA) is 439 Å². The molecule has 8 amide bonds. The average molecular weight is 1440 g/mol. The molecule has 11 rings (SSSR count). The van der Waals surface area contributed by atoms with Crippen LogP contribution in [-0.2, 0) is 106 Å². The third kappa shape index (κ3) is 18.1. The van der Waals surface area contributed by atoms with E-state index in [1.54, 1.807) is 14.0 Å². The summed E-state index contributed by atoms with van der Waals surface area (Å²) in [6.45, 7) is 5.80. The van der Waals surface area contributed by atoms with Crippen molar-refractivity contribution in [2.45, 2.75) is 118 Å². The molecule has 6 fully saturated rings. The molecule has 9 N–H and O–H groups in total. The Morgan fingerprint density at radius 1 is 0.647 bits per heavy atom. The number of hydrogen-bond acceptors (Lipinski definition) is 28. The maximum absolute atomic E-state index is 14.6. The molecule has 102 heavy (non-hydrogen) atoms. The third-order valence-electron chi connectivity index (χ3n) is 18.8. The van der Waals surface area contributed by atoms with Crippen LogP contribution in [0.15, 0.2) is 30.4 Å². The number of aromatic hydroxyl groups is 2. The smallest absolute Gasteiger partial charge is 0.254 e. The molecular formula is C67H90N8O27. The molecule has 0 spiro atoms. The Kier molecular flexibility index (Phi) is 26.5. The van der Waals surface area contributed by atoms with E-state index >= 15 is 0 Å². The van der Waals surface area contributed by atoms with E-state index in [-0.39, 0.29) is 86.0 Å². The molecule has 1 unspecified atom stereocenters. The van der Waals surface area contributed by atoms with Crippen molar-refractivity contribution in [3.8, 4) is 17.2 Å². The fourth-order valence-corrected chi connectivity index (χ4v) is 14.1. The van der Waals surface area contributed by atoms with Gasteiger partial charge in [-0.2, -0.15) is 0 Å². The van der Waals surface area contributed by atoms with E-state index in [1.807, 2.05) is 0 Å². The molecule has 2 aromatic rings. The van der Waals surface area contributed by atoms with E-state index < -0.39 is 180 Å². The second-order valence-corrected chi connectivity index (χ2v) is 25.8. The van der Waals surface area contributed by atoms with Crippen LogP contribution in [0.2, 0.25) is 0 Å². The lowest BCUT2D eigenvalue weighted by Crippen LogP contribution is -2.85. The van der Waals surface area contributed by atoms with Gasteiger partial charge in [0.05, 0.1) is 161 Å². The van der Waals surface area contributed by atoms with E-state index in [0.717, 1.165) is 12.2 Å². The number of benzene rings is 2. The van der Waals surface area contributed by atoms with Gasteiger partial charge in [-0.1, -0.05) is 12.1 Å². The van der Waals surface area contributed by atoms with Crippen molar-refractivity contribution >= 4 is 58.8 Å². The van der Waals surface area contributed by atoms with Crippen molar-refractivity contribution in [1.82, 2.24) is 41.7 Å². The maximum Gasteiger partial charge on any atom is 0.254 e. The number of methoxy groups -OCH3 is 3. The van der Waals surface area contributed by atoms with E-state index in [4.69, 9.17) is 66.3 Å². The number of phenolic OH excluding ortho intramolecular Hbond substituents is 2. The highest BCUT2D eigenvalue weighted by molar-refractivity contribution is 6.31. The number of phenols is 2. The summed E-state index contributed by atoms with van der Waals surface area (Å²) in [5.41, 5.74) is -5.63. The van der Waals surface area contributed by atoms with Crippen molar-refractivity contribution < 1.29 is 130 Å². The minimum absolute atomic E-state index is 0.0172. The molecule has 2 bridgehead atoms. The van der Waals surface area contributed by atoms with Gasteiger partial charge >= 0.3 is 0 Å². The van der Waals surface area contributed by atoms with Crippen LogP contribution >= 0.6 is 0 Å². The molecule has 560 valence electrons. The lowest BCUT2D eigenvalue weighted by molar-refractivity contribution is -0.256. The largest absolute Gasteiger partial charge is 0.507 e. The van der Waals surface area contributed by atoms with Crippen LogP contribution in [0.5, 0.6) is 17.2 Å². The molecule has 0 radical (unpaired) electrons. The van der Waals surface area contributed by atoms with E-state index in [9.17, 15) is 63.3 Å². The van der Waals surface area contributed by atoms with Gasteiger partial charge in [0.25, 0.3) is 17.7 Å². The Morgan fingerprint density at radius 3 is 1.79 bits per heavy atom. The van der Waals surface area contributed by atoms with Gasteiger partial charge in [-0.15, -0.1) is 0 Å². The minimum Gasteiger partial charge on any atom is -0.507 e. The fourth-order valence-electron chi connectivity index (χ4n) is 14.1. The number of nitrogens with one attached hydrogen (secondary N) is 6. The quantitative estimate of drug-likeness (QED) is 0.0155. The van der Waals surface area contributed by atoms with Crippen LogP contribution in [0.4, 0.5) is 0 Å². The fraction of sp³-hybridized carbons (Fsp3) is 0.642. The van der Waals surface area contributed by atoms with Gasteiger partial charge in [-0.3, -0.25) is 57.7 Å². The zero-order chi connectivity index (χ0) is 72.7. The van der Waals surface area contributed by atoms with Gasteiger partial charge in [-0.25, -0.2) is 0 Å². The van der Waals surface area contributed by atoms with Gasteiger partial charge in [-0.05, 0) is 32.3 Å². The monoisotopic (exact) mass is 1440 g/mol. The first kappa shape index (κ1) is 76.9. The number of carbonyl (C=O) groups excluding carboxylic acids is 10. The van der Waals surface area contributed by atoms with E-state index in [2.05, 4.69) is 36.8 Å². The Balaban J connectivity index is 0.626. The zero-order valence-electron chi connectivity index (χ0n) is 57.3. The molecular weight excluding hydrogens is 1350 g/mol. The number of morpholine rings is 1. The number of amides is 8. The van der Waals surface area contributed by atoms with Gasteiger partial charge in [0.15, 0.2) is 24.6 Å². The summed E-state index contributed by atoms with van der Waals surface area (Å²) in [6, 6.07) is 2.53. The predicted octanol–water partition coefficient (Wildman–Crippen LogP) is -3.03.